The van der Waals surface area contributed by atoms with Gasteiger partial charge in [0.05, 0.1) is 6.26 Å². The molecule has 0 saturated heterocycles. The van der Waals surface area contributed by atoms with Gasteiger partial charge in [-0.3, -0.25) is 9.59 Å². The van der Waals surface area contributed by atoms with Crippen molar-refractivity contribution in [3.63, 3.8) is 0 Å². The molecule has 32 heavy (non-hydrogen) atoms. The molecule has 1 aromatic heterocycles. The molecular formula is C26H26N2O4. The van der Waals surface area contributed by atoms with Crippen LogP contribution in [0.5, 0.6) is 5.75 Å². The average Bonchev–Trinajstić information content (AvgIpc) is 3.54. The number of amides is 2. The average molecular weight is 431 g/mol. The van der Waals surface area contributed by atoms with E-state index in [4.69, 9.17) is 9.15 Å². The Bertz CT molecular complexity index is 1140. The highest BCUT2D eigenvalue weighted by Gasteiger charge is 2.34. The van der Waals surface area contributed by atoms with Gasteiger partial charge in [-0.2, -0.15) is 0 Å². The summed E-state index contributed by atoms with van der Waals surface area (Å²) >= 11 is 0. The quantitative estimate of drug-likeness (QED) is 0.641. The zero-order chi connectivity index (χ0) is 22.1. The minimum Gasteiger partial charge on any atom is -0.480 e. The van der Waals surface area contributed by atoms with Gasteiger partial charge in [0, 0.05) is 24.1 Å². The van der Waals surface area contributed by atoms with Crippen LogP contribution in [0, 0.1) is 6.92 Å². The van der Waals surface area contributed by atoms with Crippen molar-refractivity contribution in [1.29, 1.82) is 0 Å². The van der Waals surface area contributed by atoms with Crippen molar-refractivity contribution in [2.24, 2.45) is 0 Å². The summed E-state index contributed by atoms with van der Waals surface area (Å²) in [4.78, 5) is 25.6. The molecule has 0 bridgehead atoms. The van der Waals surface area contributed by atoms with Crippen molar-refractivity contribution in [3.05, 3.63) is 77.7 Å². The van der Waals surface area contributed by atoms with Gasteiger partial charge >= 0.3 is 0 Å². The number of hydrogen-bond donors (Lipinski definition) is 2. The van der Waals surface area contributed by atoms with Crippen molar-refractivity contribution in [2.75, 3.05) is 0 Å². The SMILES string of the molecule is Cc1cccc2c1OC(C(=O)N[C@@H]1CC[C@H](NC(=O)c3occc3-c3ccccc3)C1)C2. The van der Waals surface area contributed by atoms with Crippen molar-refractivity contribution in [1.82, 2.24) is 10.6 Å². The van der Waals surface area contributed by atoms with Gasteiger partial charge in [0.15, 0.2) is 11.9 Å². The Morgan fingerprint density at radius 2 is 1.72 bits per heavy atom. The Kier molecular flexibility index (Phi) is 5.43. The number of carbonyl (C=O) groups excluding carboxylic acids is 2. The van der Waals surface area contributed by atoms with Crippen LogP contribution in [0.15, 0.2) is 65.3 Å². The molecule has 1 fully saturated rings. The maximum absolute atomic E-state index is 12.8. The Balaban J connectivity index is 1.16. The molecule has 3 aromatic rings. The maximum Gasteiger partial charge on any atom is 0.287 e. The minimum absolute atomic E-state index is 0.00883. The second-order valence-electron chi connectivity index (χ2n) is 8.59. The molecule has 6 heteroatoms. The van der Waals surface area contributed by atoms with E-state index >= 15 is 0 Å². The van der Waals surface area contributed by atoms with Crippen molar-refractivity contribution < 1.29 is 18.7 Å². The van der Waals surface area contributed by atoms with Crippen LogP contribution in [0.1, 0.15) is 40.9 Å². The van der Waals surface area contributed by atoms with Crippen LogP contribution in [-0.2, 0) is 11.2 Å². The summed E-state index contributed by atoms with van der Waals surface area (Å²) in [5.41, 5.74) is 3.85. The Morgan fingerprint density at radius 1 is 0.938 bits per heavy atom. The molecule has 1 aliphatic carbocycles. The molecule has 164 valence electrons. The largest absolute Gasteiger partial charge is 0.480 e. The van der Waals surface area contributed by atoms with Crippen LogP contribution in [-0.4, -0.2) is 30.0 Å². The molecule has 1 unspecified atom stereocenters. The molecule has 5 rings (SSSR count). The van der Waals surface area contributed by atoms with E-state index in [2.05, 4.69) is 10.6 Å². The first-order valence-electron chi connectivity index (χ1n) is 11.1. The number of rotatable bonds is 5. The second kappa shape index (κ2) is 8.54. The van der Waals surface area contributed by atoms with Gasteiger partial charge in [-0.05, 0) is 48.9 Å². The molecule has 2 heterocycles. The number of fused-ring (bicyclic) bond motifs is 1. The van der Waals surface area contributed by atoms with Crippen LogP contribution in [0.2, 0.25) is 0 Å². The molecule has 0 radical (unpaired) electrons. The van der Waals surface area contributed by atoms with Gasteiger partial charge < -0.3 is 19.8 Å². The fraction of sp³-hybridized carbons (Fsp3) is 0.308. The normalized spacial score (nSPS) is 21.6. The van der Waals surface area contributed by atoms with Gasteiger partial charge in [0.1, 0.15) is 5.75 Å². The zero-order valence-corrected chi connectivity index (χ0v) is 18.0. The van der Waals surface area contributed by atoms with Crippen molar-refractivity contribution in [2.45, 2.75) is 50.8 Å². The highest BCUT2D eigenvalue weighted by atomic mass is 16.5. The van der Waals surface area contributed by atoms with E-state index in [-0.39, 0.29) is 23.9 Å². The molecule has 1 saturated carbocycles. The fourth-order valence-electron chi connectivity index (χ4n) is 4.69. The topological polar surface area (TPSA) is 80.6 Å². The number of nitrogens with one attached hydrogen (secondary N) is 2. The van der Waals surface area contributed by atoms with Crippen LogP contribution in [0.3, 0.4) is 0 Å². The third kappa shape index (κ3) is 4.00. The van der Waals surface area contributed by atoms with E-state index < -0.39 is 6.10 Å². The van der Waals surface area contributed by atoms with Crippen molar-refractivity contribution in [3.8, 4) is 16.9 Å². The molecule has 2 N–H and O–H groups in total. The predicted molar refractivity (Wildman–Crippen MR) is 120 cm³/mol. The number of hydrogen-bond acceptors (Lipinski definition) is 4. The highest BCUT2D eigenvalue weighted by Crippen LogP contribution is 2.32. The first-order valence-corrected chi connectivity index (χ1v) is 11.1. The summed E-state index contributed by atoms with van der Waals surface area (Å²) in [6, 6.07) is 17.5. The lowest BCUT2D eigenvalue weighted by Crippen LogP contribution is -2.43. The fourth-order valence-corrected chi connectivity index (χ4v) is 4.69. The molecule has 0 spiro atoms. The Hall–Kier alpha value is -3.54. The molecule has 6 nitrogen and oxygen atoms in total. The Labute approximate surface area is 187 Å². The number of carbonyl (C=O) groups is 2. The van der Waals surface area contributed by atoms with Gasteiger partial charge in [0.25, 0.3) is 11.8 Å². The van der Waals surface area contributed by atoms with Crippen molar-refractivity contribution >= 4 is 11.8 Å². The van der Waals surface area contributed by atoms with E-state index in [1.54, 1.807) is 0 Å². The molecular weight excluding hydrogens is 404 g/mol. The van der Waals surface area contributed by atoms with E-state index in [1.165, 1.54) is 6.26 Å². The number of furan rings is 1. The highest BCUT2D eigenvalue weighted by molar-refractivity contribution is 5.98. The summed E-state index contributed by atoms with van der Waals surface area (Å²) in [6.07, 6.45) is 3.96. The minimum atomic E-state index is -0.490. The Morgan fingerprint density at radius 3 is 2.50 bits per heavy atom. The molecule has 2 aliphatic rings. The third-order valence-electron chi connectivity index (χ3n) is 6.32. The number of aryl methyl sites for hydroxylation is 1. The van der Waals surface area contributed by atoms with E-state index in [1.807, 2.05) is 61.5 Å². The zero-order valence-electron chi connectivity index (χ0n) is 18.0. The van der Waals surface area contributed by atoms with E-state index in [9.17, 15) is 9.59 Å². The van der Waals surface area contributed by atoms with Crippen LogP contribution in [0.25, 0.3) is 11.1 Å². The maximum atomic E-state index is 12.8. The summed E-state index contributed by atoms with van der Waals surface area (Å²) in [5, 5.41) is 6.18. The molecule has 1 aliphatic heterocycles. The standard InChI is InChI=1S/C26H26N2O4/c1-16-6-5-9-18-14-22(32-23(16)18)25(29)27-19-10-11-20(15-19)28-26(30)24-21(12-13-31-24)17-7-3-2-4-8-17/h2-9,12-13,19-20,22H,10-11,14-15H2,1H3,(H,27,29)(H,28,30)/t19-,20+,22?/m1/s1. The van der Waals surface area contributed by atoms with Gasteiger partial charge in [-0.25, -0.2) is 0 Å². The predicted octanol–water partition coefficient (Wildman–Crippen LogP) is 4.03. The van der Waals surface area contributed by atoms with E-state index in [0.717, 1.165) is 40.8 Å². The summed E-state index contributed by atoms with van der Waals surface area (Å²) in [7, 11) is 0. The first-order chi connectivity index (χ1) is 15.6. The monoisotopic (exact) mass is 430 g/mol. The van der Waals surface area contributed by atoms with Crippen LogP contribution >= 0.6 is 0 Å². The lowest BCUT2D eigenvalue weighted by Gasteiger charge is -2.17. The number of benzene rings is 2. The third-order valence-corrected chi connectivity index (χ3v) is 6.32. The van der Waals surface area contributed by atoms with Gasteiger partial charge in [-0.1, -0.05) is 48.5 Å². The molecule has 3 atom stereocenters. The first kappa shape index (κ1) is 20.4. The number of para-hydroxylation sites is 1. The second-order valence-corrected chi connectivity index (χ2v) is 8.59. The lowest BCUT2D eigenvalue weighted by atomic mass is 10.1. The summed E-state index contributed by atoms with van der Waals surface area (Å²) < 4.78 is 11.4. The number of ether oxygens (including phenoxy) is 1. The summed E-state index contributed by atoms with van der Waals surface area (Å²) in [6.45, 7) is 1.99. The van der Waals surface area contributed by atoms with Crippen LogP contribution in [0.4, 0.5) is 0 Å². The summed E-state index contributed by atoms with van der Waals surface area (Å²) in [5.74, 6) is 0.832. The van der Waals surface area contributed by atoms with Gasteiger partial charge in [0.2, 0.25) is 0 Å². The van der Waals surface area contributed by atoms with Gasteiger partial charge in [-0.15, -0.1) is 0 Å². The lowest BCUT2D eigenvalue weighted by molar-refractivity contribution is -0.127. The molecule has 2 amide bonds. The molecule has 2 aromatic carbocycles. The van der Waals surface area contributed by atoms with E-state index in [0.29, 0.717) is 18.6 Å². The van der Waals surface area contributed by atoms with Crippen LogP contribution < -0.4 is 15.4 Å². The smallest absolute Gasteiger partial charge is 0.287 e.